The summed E-state index contributed by atoms with van der Waals surface area (Å²) in [7, 11) is 0. The Bertz CT molecular complexity index is 929. The summed E-state index contributed by atoms with van der Waals surface area (Å²) < 4.78 is 5.85. The van der Waals surface area contributed by atoms with E-state index in [0.717, 1.165) is 23.5 Å². The van der Waals surface area contributed by atoms with Crippen molar-refractivity contribution in [1.29, 1.82) is 0 Å². The number of aliphatic hydroxyl groups is 3. The van der Waals surface area contributed by atoms with E-state index in [2.05, 4.69) is 24.3 Å². The van der Waals surface area contributed by atoms with Gasteiger partial charge in [-0.3, -0.25) is 0 Å². The summed E-state index contributed by atoms with van der Waals surface area (Å²) in [4.78, 5) is 0. The maximum Gasteiger partial charge on any atom is 0.110 e. The highest BCUT2D eigenvalue weighted by atomic mass is 35.5. The van der Waals surface area contributed by atoms with Gasteiger partial charge in [-0.2, -0.15) is 0 Å². The summed E-state index contributed by atoms with van der Waals surface area (Å²) in [5, 5.41) is 30.3. The van der Waals surface area contributed by atoms with E-state index in [1.54, 1.807) is 0 Å². The number of hydrogen-bond donors (Lipinski definition) is 3. The first-order valence-corrected chi connectivity index (χ1v) is 12.3. The first-order chi connectivity index (χ1) is 15.5. The standard InChI is InChI=1S/C27H33ClO4/c28-22-8-7-19(24-13-23(30)26(31)25(16-29)32-24)12-20(22)11-17-3-5-18(6-4-17)21-14-27(15-21)9-1-2-10-27/h3-8,12,21,23-26,29-31H,1-2,9-11,13-16H2/t23-,24+,25-,26+/m1/s1. The molecule has 1 saturated heterocycles. The Morgan fingerprint density at radius 3 is 2.34 bits per heavy atom. The number of rotatable bonds is 5. The van der Waals surface area contributed by atoms with Gasteiger partial charge in [-0.05, 0) is 71.8 Å². The van der Waals surface area contributed by atoms with Crippen LogP contribution in [0.1, 0.15) is 79.2 Å². The highest BCUT2D eigenvalue weighted by Gasteiger charge is 2.45. The van der Waals surface area contributed by atoms with E-state index in [1.807, 2.05) is 18.2 Å². The summed E-state index contributed by atoms with van der Waals surface area (Å²) in [6.45, 7) is -0.330. The monoisotopic (exact) mass is 456 g/mol. The van der Waals surface area contributed by atoms with E-state index in [-0.39, 0.29) is 19.1 Å². The molecule has 1 heterocycles. The minimum atomic E-state index is -1.07. The third-order valence-corrected chi connectivity index (χ3v) is 8.43. The van der Waals surface area contributed by atoms with Crippen LogP contribution in [0.15, 0.2) is 42.5 Å². The van der Waals surface area contributed by atoms with E-state index in [4.69, 9.17) is 16.3 Å². The van der Waals surface area contributed by atoms with Crippen molar-refractivity contribution in [1.82, 2.24) is 0 Å². The molecule has 32 heavy (non-hydrogen) atoms. The zero-order valence-corrected chi connectivity index (χ0v) is 19.2. The maximum atomic E-state index is 10.2. The minimum Gasteiger partial charge on any atom is -0.394 e. The van der Waals surface area contributed by atoms with Crippen LogP contribution in [-0.4, -0.2) is 40.2 Å². The molecule has 0 unspecified atom stereocenters. The molecule has 2 saturated carbocycles. The molecule has 3 fully saturated rings. The molecular weight excluding hydrogens is 424 g/mol. The summed E-state index contributed by atoms with van der Waals surface area (Å²) in [5.74, 6) is 0.721. The molecule has 0 amide bonds. The number of hydrogen-bond acceptors (Lipinski definition) is 4. The van der Waals surface area contributed by atoms with E-state index < -0.39 is 18.3 Å². The Kier molecular flexibility index (Phi) is 6.34. The smallest absolute Gasteiger partial charge is 0.110 e. The van der Waals surface area contributed by atoms with E-state index in [0.29, 0.717) is 10.4 Å². The van der Waals surface area contributed by atoms with Gasteiger partial charge < -0.3 is 20.1 Å². The molecule has 5 heteroatoms. The van der Waals surface area contributed by atoms with Crippen LogP contribution in [0.25, 0.3) is 0 Å². The maximum absolute atomic E-state index is 10.2. The van der Waals surface area contributed by atoms with Gasteiger partial charge in [0.2, 0.25) is 0 Å². The third kappa shape index (κ3) is 4.36. The van der Waals surface area contributed by atoms with E-state index in [9.17, 15) is 15.3 Å². The van der Waals surface area contributed by atoms with Crippen molar-refractivity contribution in [2.24, 2.45) is 5.41 Å². The van der Waals surface area contributed by atoms with Crippen LogP contribution in [0.3, 0.4) is 0 Å². The second-order valence-electron chi connectivity index (χ2n) is 10.2. The lowest BCUT2D eigenvalue weighted by Crippen LogP contribution is -2.47. The highest BCUT2D eigenvalue weighted by Crippen LogP contribution is 2.59. The zero-order valence-electron chi connectivity index (χ0n) is 18.4. The fourth-order valence-corrected chi connectivity index (χ4v) is 6.32. The van der Waals surface area contributed by atoms with E-state index in [1.165, 1.54) is 49.7 Å². The minimum absolute atomic E-state index is 0.288. The second kappa shape index (κ2) is 9.08. The first kappa shape index (κ1) is 22.4. The van der Waals surface area contributed by atoms with Gasteiger partial charge in [0.05, 0.1) is 18.8 Å². The van der Waals surface area contributed by atoms with Crippen LogP contribution in [-0.2, 0) is 11.2 Å². The lowest BCUT2D eigenvalue weighted by atomic mass is 9.59. The van der Waals surface area contributed by atoms with Crippen molar-refractivity contribution in [3.63, 3.8) is 0 Å². The summed E-state index contributed by atoms with van der Waals surface area (Å²) >= 11 is 6.51. The highest BCUT2D eigenvalue weighted by molar-refractivity contribution is 6.31. The van der Waals surface area contributed by atoms with Gasteiger partial charge >= 0.3 is 0 Å². The molecule has 0 aromatic heterocycles. The zero-order chi connectivity index (χ0) is 22.3. The Morgan fingerprint density at radius 2 is 1.66 bits per heavy atom. The SMILES string of the molecule is OC[C@H]1O[C@H](c2ccc(Cl)c(Cc3ccc(C4CC5(CCCC5)C4)cc3)c2)C[C@@H](O)[C@@H]1O. The van der Waals surface area contributed by atoms with Crippen LogP contribution in [0.5, 0.6) is 0 Å². The largest absolute Gasteiger partial charge is 0.394 e. The Morgan fingerprint density at radius 1 is 0.969 bits per heavy atom. The molecule has 0 bridgehead atoms. The third-order valence-electron chi connectivity index (χ3n) is 8.06. The van der Waals surface area contributed by atoms with Crippen molar-refractivity contribution in [3.05, 3.63) is 69.7 Å². The number of ether oxygens (including phenoxy) is 1. The molecular formula is C27H33ClO4. The topological polar surface area (TPSA) is 69.9 Å². The van der Waals surface area contributed by atoms with Gasteiger partial charge in [0.15, 0.2) is 0 Å². The van der Waals surface area contributed by atoms with Gasteiger partial charge in [0.25, 0.3) is 0 Å². The molecule has 3 aliphatic rings. The van der Waals surface area contributed by atoms with Gasteiger partial charge in [-0.1, -0.05) is 60.8 Å². The summed E-state index contributed by atoms with van der Waals surface area (Å²) in [5.41, 5.74) is 5.26. The normalized spacial score (nSPS) is 29.9. The average molecular weight is 457 g/mol. The predicted octanol–water partition coefficient (Wildman–Crippen LogP) is 4.91. The average Bonchev–Trinajstić information content (AvgIpc) is 3.27. The van der Waals surface area contributed by atoms with Crippen molar-refractivity contribution in [2.75, 3.05) is 6.61 Å². The predicted molar refractivity (Wildman–Crippen MR) is 125 cm³/mol. The quantitative estimate of drug-likeness (QED) is 0.597. The fraction of sp³-hybridized carbons (Fsp3) is 0.556. The number of halogens is 1. The van der Waals surface area contributed by atoms with Crippen molar-refractivity contribution in [3.8, 4) is 0 Å². The molecule has 2 aromatic carbocycles. The van der Waals surface area contributed by atoms with Crippen LogP contribution in [0.4, 0.5) is 0 Å². The Hall–Kier alpha value is -1.43. The number of benzene rings is 2. The molecule has 2 aromatic rings. The van der Waals surface area contributed by atoms with Crippen LogP contribution in [0, 0.1) is 5.41 Å². The molecule has 1 spiro atoms. The second-order valence-corrected chi connectivity index (χ2v) is 10.6. The lowest BCUT2D eigenvalue weighted by molar-refractivity contribution is -0.181. The van der Waals surface area contributed by atoms with Crippen LogP contribution < -0.4 is 0 Å². The fourth-order valence-electron chi connectivity index (χ4n) is 6.13. The van der Waals surface area contributed by atoms with Crippen molar-refractivity contribution >= 4 is 11.6 Å². The molecule has 5 rings (SSSR count). The molecule has 4 atom stereocenters. The van der Waals surface area contributed by atoms with Gasteiger partial charge in [-0.25, -0.2) is 0 Å². The summed E-state index contributed by atoms with van der Waals surface area (Å²) in [6, 6.07) is 14.8. The molecule has 4 nitrogen and oxygen atoms in total. The van der Waals surface area contributed by atoms with E-state index >= 15 is 0 Å². The molecule has 172 valence electrons. The van der Waals surface area contributed by atoms with Gasteiger partial charge in [0.1, 0.15) is 12.2 Å². The van der Waals surface area contributed by atoms with Crippen molar-refractivity contribution < 1.29 is 20.1 Å². The van der Waals surface area contributed by atoms with Crippen LogP contribution >= 0.6 is 11.6 Å². The van der Waals surface area contributed by atoms with Crippen LogP contribution in [0.2, 0.25) is 5.02 Å². The molecule has 0 radical (unpaired) electrons. The van der Waals surface area contributed by atoms with Gasteiger partial charge in [-0.15, -0.1) is 0 Å². The first-order valence-electron chi connectivity index (χ1n) is 12.0. The van der Waals surface area contributed by atoms with Crippen molar-refractivity contribution in [2.45, 2.75) is 81.7 Å². The number of aliphatic hydroxyl groups excluding tert-OH is 3. The Labute approximate surface area is 195 Å². The Balaban J connectivity index is 1.26. The lowest BCUT2D eigenvalue weighted by Gasteiger charge is -2.46. The van der Waals surface area contributed by atoms with Gasteiger partial charge in [0, 0.05) is 11.4 Å². The molecule has 1 aliphatic heterocycles. The summed E-state index contributed by atoms with van der Waals surface area (Å²) in [6.07, 6.45) is 6.25. The molecule has 2 aliphatic carbocycles. The molecule has 3 N–H and O–H groups in total.